The molecule has 0 saturated carbocycles. The molecule has 5 nitrogen and oxygen atoms in total. The van der Waals surface area contributed by atoms with Crippen LogP contribution in [0.1, 0.15) is 40.4 Å². The average molecular weight is 360 g/mol. The third-order valence-electron chi connectivity index (χ3n) is 4.09. The lowest BCUT2D eigenvalue weighted by atomic mass is 10.1. The Morgan fingerprint density at radius 1 is 1.00 bits per heavy atom. The summed E-state index contributed by atoms with van der Waals surface area (Å²) in [5.74, 6) is -0.161. The molecule has 2 aromatic rings. The Morgan fingerprint density at radius 3 is 2.32 bits per heavy atom. The van der Waals surface area contributed by atoms with Crippen molar-refractivity contribution in [3.8, 4) is 0 Å². The third kappa shape index (κ3) is 4.82. The van der Waals surface area contributed by atoms with Gasteiger partial charge < -0.3 is 5.32 Å². The van der Waals surface area contributed by atoms with Crippen molar-refractivity contribution in [2.75, 3.05) is 15.8 Å². The molecule has 25 heavy (non-hydrogen) atoms. The summed E-state index contributed by atoms with van der Waals surface area (Å²) >= 11 is 0. The molecule has 0 heterocycles. The summed E-state index contributed by atoms with van der Waals surface area (Å²) < 4.78 is 26.5. The van der Waals surface area contributed by atoms with Crippen LogP contribution in [0.4, 0.5) is 11.4 Å². The Balaban J connectivity index is 2.24. The van der Waals surface area contributed by atoms with Crippen molar-refractivity contribution in [2.24, 2.45) is 0 Å². The van der Waals surface area contributed by atoms with E-state index < -0.39 is 10.0 Å². The fourth-order valence-electron chi connectivity index (χ4n) is 2.45. The van der Waals surface area contributed by atoms with Crippen LogP contribution in [-0.2, 0) is 10.0 Å². The van der Waals surface area contributed by atoms with E-state index in [4.69, 9.17) is 0 Å². The molecule has 0 fully saturated rings. The molecule has 0 aliphatic heterocycles. The van der Waals surface area contributed by atoms with Gasteiger partial charge in [-0.3, -0.25) is 9.52 Å². The number of hydrogen-bond donors (Lipinski definition) is 2. The normalized spacial score (nSPS) is 11.2. The van der Waals surface area contributed by atoms with Gasteiger partial charge in [-0.15, -0.1) is 0 Å². The van der Waals surface area contributed by atoms with Gasteiger partial charge in [0.1, 0.15) is 0 Å². The molecule has 0 spiro atoms. The minimum atomic E-state index is -3.38. The van der Waals surface area contributed by atoms with Crippen LogP contribution in [0.25, 0.3) is 0 Å². The Morgan fingerprint density at radius 2 is 1.68 bits per heavy atom. The first-order chi connectivity index (χ1) is 11.7. The summed E-state index contributed by atoms with van der Waals surface area (Å²) in [4.78, 5) is 12.5. The number of amides is 1. The van der Waals surface area contributed by atoms with Crippen LogP contribution < -0.4 is 10.0 Å². The summed E-state index contributed by atoms with van der Waals surface area (Å²) in [7, 11) is -3.38. The molecule has 0 unspecified atom stereocenters. The van der Waals surface area contributed by atoms with E-state index in [1.165, 1.54) is 0 Å². The average Bonchev–Trinajstić information content (AvgIpc) is 2.53. The molecular formula is C19H24N2O3S. The molecule has 2 N–H and O–H groups in total. The zero-order valence-corrected chi connectivity index (χ0v) is 15.8. The second-order valence-electron chi connectivity index (χ2n) is 6.15. The predicted octanol–water partition coefficient (Wildman–Crippen LogP) is 4.02. The topological polar surface area (TPSA) is 75.3 Å². The van der Waals surface area contributed by atoms with Gasteiger partial charge in [0.05, 0.1) is 11.4 Å². The lowest BCUT2D eigenvalue weighted by Crippen LogP contribution is -2.18. The van der Waals surface area contributed by atoms with Crippen molar-refractivity contribution in [1.82, 2.24) is 0 Å². The monoisotopic (exact) mass is 360 g/mol. The van der Waals surface area contributed by atoms with E-state index in [0.29, 0.717) is 28.9 Å². The van der Waals surface area contributed by atoms with Crippen LogP contribution in [0, 0.1) is 20.8 Å². The molecule has 0 aliphatic rings. The lowest BCUT2D eigenvalue weighted by molar-refractivity contribution is 0.102. The predicted molar refractivity (Wildman–Crippen MR) is 103 cm³/mol. The number of aryl methyl sites for hydroxylation is 2. The van der Waals surface area contributed by atoms with Gasteiger partial charge in [-0.05, 0) is 68.1 Å². The van der Waals surface area contributed by atoms with Gasteiger partial charge in [-0.2, -0.15) is 0 Å². The van der Waals surface area contributed by atoms with Crippen LogP contribution in [0.5, 0.6) is 0 Å². The fraction of sp³-hybridized carbons (Fsp3) is 0.316. The van der Waals surface area contributed by atoms with Crippen LogP contribution in [0.2, 0.25) is 0 Å². The molecule has 134 valence electrons. The number of hydrogen-bond acceptors (Lipinski definition) is 3. The number of nitrogens with one attached hydrogen (secondary N) is 2. The summed E-state index contributed by atoms with van der Waals surface area (Å²) in [6, 6.07) is 10.7. The summed E-state index contributed by atoms with van der Waals surface area (Å²) in [5, 5.41) is 2.86. The summed E-state index contributed by atoms with van der Waals surface area (Å²) in [6.45, 7) is 7.54. The van der Waals surface area contributed by atoms with E-state index in [-0.39, 0.29) is 11.7 Å². The molecular weight excluding hydrogens is 336 g/mol. The van der Waals surface area contributed by atoms with E-state index in [1.807, 2.05) is 32.9 Å². The largest absolute Gasteiger partial charge is 0.322 e. The van der Waals surface area contributed by atoms with Gasteiger partial charge in [0.15, 0.2) is 0 Å². The first-order valence-electron chi connectivity index (χ1n) is 8.22. The maximum absolute atomic E-state index is 12.5. The van der Waals surface area contributed by atoms with Crippen molar-refractivity contribution in [3.05, 3.63) is 58.7 Å². The maximum atomic E-state index is 12.5. The molecule has 1 amide bonds. The van der Waals surface area contributed by atoms with E-state index >= 15 is 0 Å². The Kier molecular flexibility index (Phi) is 5.85. The van der Waals surface area contributed by atoms with Gasteiger partial charge in [-0.25, -0.2) is 8.42 Å². The van der Waals surface area contributed by atoms with Gasteiger partial charge in [0.25, 0.3) is 5.91 Å². The first kappa shape index (κ1) is 19.0. The number of carbonyl (C=O) groups excluding carboxylic acids is 1. The smallest absolute Gasteiger partial charge is 0.255 e. The maximum Gasteiger partial charge on any atom is 0.255 e. The van der Waals surface area contributed by atoms with E-state index in [2.05, 4.69) is 10.0 Å². The number of carbonyl (C=O) groups is 1. The molecule has 0 aromatic heterocycles. The minimum Gasteiger partial charge on any atom is -0.322 e. The quantitative estimate of drug-likeness (QED) is 0.817. The molecule has 0 aliphatic carbocycles. The highest BCUT2D eigenvalue weighted by molar-refractivity contribution is 7.92. The van der Waals surface area contributed by atoms with Gasteiger partial charge >= 0.3 is 0 Å². The highest BCUT2D eigenvalue weighted by Crippen LogP contribution is 2.25. The SMILES string of the molecule is CCCS(=O)(=O)Nc1cccc(NC(=O)c2ccc(C)c(C)c2)c1C. The molecule has 0 radical (unpaired) electrons. The molecule has 2 aromatic carbocycles. The second kappa shape index (κ2) is 7.70. The van der Waals surface area contributed by atoms with Crippen molar-refractivity contribution in [2.45, 2.75) is 34.1 Å². The zero-order chi connectivity index (χ0) is 18.6. The number of rotatable bonds is 6. The van der Waals surface area contributed by atoms with E-state index in [9.17, 15) is 13.2 Å². The van der Waals surface area contributed by atoms with Gasteiger partial charge in [0, 0.05) is 11.3 Å². The van der Waals surface area contributed by atoms with Crippen molar-refractivity contribution < 1.29 is 13.2 Å². The van der Waals surface area contributed by atoms with Crippen molar-refractivity contribution in [1.29, 1.82) is 0 Å². The van der Waals surface area contributed by atoms with Crippen LogP contribution in [-0.4, -0.2) is 20.1 Å². The number of anilines is 2. The van der Waals surface area contributed by atoms with Crippen molar-refractivity contribution in [3.63, 3.8) is 0 Å². The first-order valence-corrected chi connectivity index (χ1v) is 9.87. The second-order valence-corrected chi connectivity index (χ2v) is 7.99. The van der Waals surface area contributed by atoms with Gasteiger partial charge in [-0.1, -0.05) is 19.1 Å². The highest BCUT2D eigenvalue weighted by atomic mass is 32.2. The molecule has 0 atom stereocenters. The highest BCUT2D eigenvalue weighted by Gasteiger charge is 2.14. The lowest BCUT2D eigenvalue weighted by Gasteiger charge is -2.14. The van der Waals surface area contributed by atoms with E-state index in [0.717, 1.165) is 11.1 Å². The molecule has 2 rings (SSSR count). The van der Waals surface area contributed by atoms with Crippen LogP contribution in [0.15, 0.2) is 36.4 Å². The molecule has 0 saturated heterocycles. The summed E-state index contributed by atoms with van der Waals surface area (Å²) in [6.07, 6.45) is 0.539. The zero-order valence-electron chi connectivity index (χ0n) is 15.0. The molecule has 0 bridgehead atoms. The Labute approximate surface area is 149 Å². The van der Waals surface area contributed by atoms with Gasteiger partial charge in [0.2, 0.25) is 10.0 Å². The van der Waals surface area contributed by atoms with Crippen LogP contribution in [0.3, 0.4) is 0 Å². The fourth-order valence-corrected chi connectivity index (χ4v) is 3.64. The molecule has 6 heteroatoms. The van der Waals surface area contributed by atoms with E-state index in [1.54, 1.807) is 31.2 Å². The number of benzene rings is 2. The standard InChI is InChI=1S/C19H24N2O3S/c1-5-11-25(23,24)21-18-8-6-7-17(15(18)4)20-19(22)16-10-9-13(2)14(3)12-16/h6-10,12,21H,5,11H2,1-4H3,(H,20,22). The van der Waals surface area contributed by atoms with Crippen molar-refractivity contribution >= 4 is 27.3 Å². The Bertz CT molecular complexity index is 890. The summed E-state index contributed by atoms with van der Waals surface area (Å²) in [5.41, 5.74) is 4.48. The number of sulfonamides is 1. The minimum absolute atomic E-state index is 0.0612. The van der Waals surface area contributed by atoms with Crippen LogP contribution >= 0.6 is 0 Å². The Hall–Kier alpha value is -2.34. The third-order valence-corrected chi connectivity index (χ3v) is 5.57.